The molecule has 14 heavy (non-hydrogen) atoms. The summed E-state index contributed by atoms with van der Waals surface area (Å²) < 4.78 is 0. The molecule has 2 aromatic heterocycles. The maximum atomic E-state index is 4.38. The quantitative estimate of drug-likeness (QED) is 0.550. The standard InChI is InChI=1S/C10H10N4/c1-5-11-7-3-9-10(4-8(7)12-5)14-6(2)13-9/h3-4H,1-2H3,(H,11,12)(H,13,14)/p+1. The molecule has 0 unspecified atom stereocenters. The molecule has 0 fully saturated rings. The number of benzene rings is 1. The first-order chi connectivity index (χ1) is 6.72. The number of rotatable bonds is 0. The predicted octanol–water partition coefficient (Wildman–Crippen LogP) is 1.48. The zero-order valence-corrected chi connectivity index (χ0v) is 8.10. The van der Waals surface area contributed by atoms with E-state index in [-0.39, 0.29) is 0 Å². The number of fused-ring (bicyclic) bond motifs is 2. The van der Waals surface area contributed by atoms with Crippen molar-refractivity contribution in [2.75, 3.05) is 0 Å². The fraction of sp³-hybridized carbons (Fsp3) is 0.200. The average molecular weight is 187 g/mol. The molecule has 1 aromatic carbocycles. The van der Waals surface area contributed by atoms with Gasteiger partial charge in [-0.25, -0.2) is 15.0 Å². The summed E-state index contributed by atoms with van der Waals surface area (Å²) in [6.45, 7) is 3.97. The molecule has 4 heteroatoms. The first-order valence-corrected chi connectivity index (χ1v) is 4.60. The van der Waals surface area contributed by atoms with Gasteiger partial charge in [0.15, 0.2) is 11.0 Å². The molecule has 3 aromatic rings. The Balaban J connectivity index is 2.49. The van der Waals surface area contributed by atoms with E-state index in [1.807, 2.05) is 13.8 Å². The zero-order chi connectivity index (χ0) is 9.71. The van der Waals surface area contributed by atoms with Crippen molar-refractivity contribution in [3.8, 4) is 0 Å². The highest BCUT2D eigenvalue weighted by molar-refractivity contribution is 5.89. The SMILES string of the molecule is Cc1nc2cc3[nH+]c(C)[nH]c3cc2[nH]1. The van der Waals surface area contributed by atoms with Crippen molar-refractivity contribution in [3.05, 3.63) is 23.8 Å². The minimum atomic E-state index is 0.948. The summed E-state index contributed by atoms with van der Waals surface area (Å²) in [7, 11) is 0. The van der Waals surface area contributed by atoms with Gasteiger partial charge in [0.05, 0.1) is 11.0 Å². The van der Waals surface area contributed by atoms with Gasteiger partial charge >= 0.3 is 0 Å². The van der Waals surface area contributed by atoms with Gasteiger partial charge in [-0.15, -0.1) is 0 Å². The normalized spacial score (nSPS) is 11.6. The molecule has 0 aliphatic rings. The van der Waals surface area contributed by atoms with Crippen molar-refractivity contribution in [2.45, 2.75) is 13.8 Å². The van der Waals surface area contributed by atoms with E-state index >= 15 is 0 Å². The van der Waals surface area contributed by atoms with Crippen LogP contribution in [0.5, 0.6) is 0 Å². The third kappa shape index (κ3) is 0.937. The smallest absolute Gasteiger partial charge is 0.249 e. The molecule has 0 aliphatic heterocycles. The van der Waals surface area contributed by atoms with Crippen molar-refractivity contribution >= 4 is 22.1 Å². The number of aryl methyl sites for hydroxylation is 2. The Kier molecular flexibility index (Phi) is 1.27. The average Bonchev–Trinajstić information content (AvgIpc) is 2.59. The molecule has 0 saturated heterocycles. The molecule has 0 atom stereocenters. The molecule has 70 valence electrons. The number of nitrogens with zero attached hydrogens (tertiary/aromatic N) is 1. The van der Waals surface area contributed by atoms with Crippen LogP contribution in [0, 0.1) is 13.8 Å². The summed E-state index contributed by atoms with van der Waals surface area (Å²) in [4.78, 5) is 14.1. The lowest BCUT2D eigenvalue weighted by Gasteiger charge is -1.84. The van der Waals surface area contributed by atoms with Crippen LogP contribution in [0.1, 0.15) is 11.6 Å². The van der Waals surface area contributed by atoms with Gasteiger partial charge in [-0.05, 0) is 6.92 Å². The zero-order valence-electron chi connectivity index (χ0n) is 8.10. The number of hydrogen-bond acceptors (Lipinski definition) is 1. The maximum Gasteiger partial charge on any atom is 0.249 e. The Labute approximate surface area is 80.4 Å². The fourth-order valence-corrected chi connectivity index (χ4v) is 1.83. The molecule has 0 radical (unpaired) electrons. The van der Waals surface area contributed by atoms with Crippen LogP contribution in [0.3, 0.4) is 0 Å². The van der Waals surface area contributed by atoms with Crippen LogP contribution in [-0.4, -0.2) is 15.0 Å². The third-order valence-electron chi connectivity index (χ3n) is 2.38. The van der Waals surface area contributed by atoms with Gasteiger partial charge in [-0.2, -0.15) is 0 Å². The van der Waals surface area contributed by atoms with Gasteiger partial charge in [0.25, 0.3) is 0 Å². The molecule has 2 heterocycles. The van der Waals surface area contributed by atoms with Crippen molar-refractivity contribution in [2.24, 2.45) is 0 Å². The minimum Gasteiger partial charge on any atom is -0.342 e. The number of aromatic nitrogens is 4. The number of nitrogens with one attached hydrogen (secondary N) is 3. The largest absolute Gasteiger partial charge is 0.342 e. The summed E-state index contributed by atoms with van der Waals surface area (Å²) in [5.74, 6) is 2.01. The summed E-state index contributed by atoms with van der Waals surface area (Å²) in [5, 5.41) is 0. The van der Waals surface area contributed by atoms with E-state index in [1.165, 1.54) is 0 Å². The van der Waals surface area contributed by atoms with Crippen molar-refractivity contribution < 1.29 is 4.98 Å². The van der Waals surface area contributed by atoms with Crippen LogP contribution in [-0.2, 0) is 0 Å². The van der Waals surface area contributed by atoms with Crippen molar-refractivity contribution in [1.82, 2.24) is 15.0 Å². The topological polar surface area (TPSA) is 58.6 Å². The van der Waals surface area contributed by atoms with E-state index < -0.39 is 0 Å². The monoisotopic (exact) mass is 187 g/mol. The summed E-state index contributed by atoms with van der Waals surface area (Å²) in [6.07, 6.45) is 0. The lowest BCUT2D eigenvalue weighted by Crippen LogP contribution is -2.01. The molecule has 4 nitrogen and oxygen atoms in total. The van der Waals surface area contributed by atoms with Crippen LogP contribution in [0.2, 0.25) is 0 Å². The van der Waals surface area contributed by atoms with Crippen LogP contribution in [0.4, 0.5) is 0 Å². The first kappa shape index (κ1) is 7.55. The van der Waals surface area contributed by atoms with E-state index in [0.29, 0.717) is 0 Å². The van der Waals surface area contributed by atoms with E-state index in [2.05, 4.69) is 32.1 Å². The van der Waals surface area contributed by atoms with Crippen molar-refractivity contribution in [3.63, 3.8) is 0 Å². The predicted molar refractivity (Wildman–Crippen MR) is 54.0 cm³/mol. The second-order valence-electron chi connectivity index (χ2n) is 3.61. The highest BCUT2D eigenvalue weighted by atomic mass is 14.9. The molecule has 0 saturated carbocycles. The van der Waals surface area contributed by atoms with Crippen LogP contribution in [0.15, 0.2) is 12.1 Å². The van der Waals surface area contributed by atoms with Gasteiger partial charge in [0.1, 0.15) is 5.82 Å². The van der Waals surface area contributed by atoms with Gasteiger partial charge in [-0.1, -0.05) is 0 Å². The van der Waals surface area contributed by atoms with Crippen LogP contribution < -0.4 is 4.98 Å². The Hall–Kier alpha value is -1.84. The lowest BCUT2D eigenvalue weighted by atomic mass is 10.3. The minimum absolute atomic E-state index is 0.948. The van der Waals surface area contributed by atoms with Crippen LogP contribution >= 0.6 is 0 Å². The molecule has 0 amide bonds. The van der Waals surface area contributed by atoms with E-state index in [9.17, 15) is 0 Å². The van der Waals surface area contributed by atoms with Crippen molar-refractivity contribution in [1.29, 1.82) is 0 Å². The Morgan fingerprint density at radius 2 is 2.00 bits per heavy atom. The summed E-state index contributed by atoms with van der Waals surface area (Å²) in [5.41, 5.74) is 4.29. The Bertz CT molecular complexity index is 515. The first-order valence-electron chi connectivity index (χ1n) is 4.60. The Morgan fingerprint density at radius 1 is 1.14 bits per heavy atom. The number of H-pyrrole nitrogens is 3. The molecular formula is C10H11N4+. The summed E-state index contributed by atoms with van der Waals surface area (Å²) in [6, 6.07) is 4.13. The maximum absolute atomic E-state index is 4.38. The molecule has 0 spiro atoms. The third-order valence-corrected chi connectivity index (χ3v) is 2.38. The highest BCUT2D eigenvalue weighted by Crippen LogP contribution is 2.17. The highest BCUT2D eigenvalue weighted by Gasteiger charge is 2.09. The van der Waals surface area contributed by atoms with E-state index in [0.717, 1.165) is 33.7 Å². The fourth-order valence-electron chi connectivity index (χ4n) is 1.83. The lowest BCUT2D eigenvalue weighted by molar-refractivity contribution is -0.354. The Morgan fingerprint density at radius 3 is 2.86 bits per heavy atom. The van der Waals surface area contributed by atoms with Gasteiger partial charge < -0.3 is 4.98 Å². The van der Waals surface area contributed by atoms with Gasteiger partial charge in [-0.3, -0.25) is 0 Å². The van der Waals surface area contributed by atoms with Gasteiger partial charge in [0.2, 0.25) is 5.82 Å². The number of hydrogen-bond donors (Lipinski definition) is 2. The molecule has 3 N–H and O–H groups in total. The van der Waals surface area contributed by atoms with E-state index in [1.54, 1.807) is 0 Å². The molecule has 0 bridgehead atoms. The van der Waals surface area contributed by atoms with Gasteiger partial charge in [0, 0.05) is 19.1 Å². The van der Waals surface area contributed by atoms with E-state index in [4.69, 9.17) is 0 Å². The number of aromatic amines is 3. The second kappa shape index (κ2) is 2.35. The second-order valence-corrected chi connectivity index (χ2v) is 3.61. The van der Waals surface area contributed by atoms with Crippen LogP contribution in [0.25, 0.3) is 22.1 Å². The summed E-state index contributed by atoms with van der Waals surface area (Å²) >= 11 is 0. The number of imidazole rings is 2. The molecule has 0 aliphatic carbocycles. The molecular weight excluding hydrogens is 176 g/mol. The molecule has 3 rings (SSSR count).